The van der Waals surface area contributed by atoms with E-state index in [9.17, 15) is 9.59 Å². The van der Waals surface area contributed by atoms with Crippen LogP contribution in [0.15, 0.2) is 48.5 Å². The summed E-state index contributed by atoms with van der Waals surface area (Å²) in [6, 6.07) is 12.4. The van der Waals surface area contributed by atoms with E-state index in [-0.39, 0.29) is 5.78 Å². The number of hydrogen-bond acceptors (Lipinski definition) is 5. The van der Waals surface area contributed by atoms with Gasteiger partial charge in [0.15, 0.2) is 6.10 Å². The Morgan fingerprint density at radius 3 is 2.31 bits per heavy atom. The summed E-state index contributed by atoms with van der Waals surface area (Å²) in [7, 11) is 3.10. The van der Waals surface area contributed by atoms with E-state index < -0.39 is 12.1 Å². The van der Waals surface area contributed by atoms with Crippen molar-refractivity contribution < 1.29 is 23.8 Å². The lowest BCUT2D eigenvalue weighted by atomic mass is 10.1. The lowest BCUT2D eigenvalue weighted by Crippen LogP contribution is -2.23. The molecule has 0 radical (unpaired) electrons. The lowest BCUT2D eigenvalue weighted by Gasteiger charge is -2.11. The number of rotatable bonds is 7. The summed E-state index contributed by atoms with van der Waals surface area (Å²) in [6.07, 6.45) is 1.95. The fourth-order valence-corrected chi connectivity index (χ4v) is 2.35. The second-order valence-electron chi connectivity index (χ2n) is 5.75. The van der Waals surface area contributed by atoms with Crippen molar-refractivity contribution in [1.82, 2.24) is 0 Å². The van der Waals surface area contributed by atoms with Crippen molar-refractivity contribution in [2.45, 2.75) is 20.0 Å². The molecule has 0 N–H and O–H groups in total. The van der Waals surface area contributed by atoms with Gasteiger partial charge in [0.05, 0.1) is 14.2 Å². The van der Waals surface area contributed by atoms with Crippen molar-refractivity contribution in [3.8, 4) is 11.5 Å². The minimum atomic E-state index is -0.873. The quantitative estimate of drug-likeness (QED) is 0.429. The number of ketones is 1. The Balaban J connectivity index is 2.04. The lowest BCUT2D eigenvalue weighted by molar-refractivity contribution is -0.140. The van der Waals surface area contributed by atoms with E-state index in [4.69, 9.17) is 14.2 Å². The summed E-state index contributed by atoms with van der Waals surface area (Å²) < 4.78 is 15.6. The second kappa shape index (κ2) is 8.85. The molecule has 136 valence electrons. The van der Waals surface area contributed by atoms with Crippen molar-refractivity contribution >= 4 is 17.8 Å². The van der Waals surface area contributed by atoms with E-state index in [1.807, 2.05) is 19.1 Å². The SMILES string of the molecule is COc1ccc(OC)c(/C=C/C(=O)OC(C)C(=O)c2ccc(C)cc2)c1. The number of Topliss-reactive ketones (excluding diaryl/α,β-unsaturated/α-hetero) is 1. The summed E-state index contributed by atoms with van der Waals surface area (Å²) in [5.74, 6) is 0.383. The molecule has 0 saturated heterocycles. The van der Waals surface area contributed by atoms with Gasteiger partial charge in [-0.25, -0.2) is 4.79 Å². The Labute approximate surface area is 153 Å². The van der Waals surface area contributed by atoms with Crippen LogP contribution in [0.2, 0.25) is 0 Å². The normalized spacial score (nSPS) is 11.8. The van der Waals surface area contributed by atoms with Gasteiger partial charge in [-0.05, 0) is 38.1 Å². The number of carbonyl (C=O) groups is 2. The average Bonchev–Trinajstić information content (AvgIpc) is 2.66. The summed E-state index contributed by atoms with van der Waals surface area (Å²) in [5, 5.41) is 0. The largest absolute Gasteiger partial charge is 0.497 e. The van der Waals surface area contributed by atoms with Crippen molar-refractivity contribution in [2.24, 2.45) is 0 Å². The van der Waals surface area contributed by atoms with Crippen molar-refractivity contribution in [2.75, 3.05) is 14.2 Å². The molecular weight excluding hydrogens is 332 g/mol. The highest BCUT2D eigenvalue weighted by Crippen LogP contribution is 2.25. The van der Waals surface area contributed by atoms with Gasteiger partial charge >= 0.3 is 5.97 Å². The molecule has 0 bridgehead atoms. The average molecular weight is 354 g/mol. The minimum Gasteiger partial charge on any atom is -0.497 e. The number of methoxy groups -OCH3 is 2. The first kappa shape index (κ1) is 19.2. The minimum absolute atomic E-state index is 0.245. The highest BCUT2D eigenvalue weighted by atomic mass is 16.5. The van der Waals surface area contributed by atoms with E-state index in [0.29, 0.717) is 22.6 Å². The van der Waals surface area contributed by atoms with Gasteiger partial charge in [0.25, 0.3) is 0 Å². The monoisotopic (exact) mass is 354 g/mol. The van der Waals surface area contributed by atoms with Gasteiger partial charge in [-0.1, -0.05) is 29.8 Å². The molecule has 2 aromatic rings. The predicted molar refractivity (Wildman–Crippen MR) is 99.6 cm³/mol. The molecule has 1 unspecified atom stereocenters. The molecule has 26 heavy (non-hydrogen) atoms. The topological polar surface area (TPSA) is 61.8 Å². The number of carbonyl (C=O) groups excluding carboxylic acids is 2. The maximum absolute atomic E-state index is 12.3. The Kier molecular flexibility index (Phi) is 6.55. The Hall–Kier alpha value is -3.08. The fourth-order valence-electron chi connectivity index (χ4n) is 2.35. The van der Waals surface area contributed by atoms with Gasteiger partial charge in [0, 0.05) is 17.2 Å². The molecule has 0 spiro atoms. The van der Waals surface area contributed by atoms with Gasteiger partial charge in [-0.3, -0.25) is 4.79 Å². The van der Waals surface area contributed by atoms with Crippen LogP contribution in [-0.2, 0) is 9.53 Å². The Morgan fingerprint density at radius 1 is 1.00 bits per heavy atom. The van der Waals surface area contributed by atoms with E-state index in [0.717, 1.165) is 5.56 Å². The first-order chi connectivity index (χ1) is 12.4. The van der Waals surface area contributed by atoms with Crippen molar-refractivity contribution in [1.29, 1.82) is 0 Å². The van der Waals surface area contributed by atoms with E-state index in [1.165, 1.54) is 6.08 Å². The number of hydrogen-bond donors (Lipinski definition) is 0. The third-order valence-corrected chi connectivity index (χ3v) is 3.83. The summed E-state index contributed by atoms with van der Waals surface area (Å²) in [6.45, 7) is 3.50. The standard InChI is InChI=1S/C21H22O5/c1-14-5-7-16(8-6-14)21(23)15(2)26-20(22)12-9-17-13-18(24-3)10-11-19(17)25-4/h5-13,15H,1-4H3/b12-9+. The fraction of sp³-hybridized carbons (Fsp3) is 0.238. The van der Waals surface area contributed by atoms with Crippen LogP contribution < -0.4 is 9.47 Å². The van der Waals surface area contributed by atoms with Gasteiger partial charge in [-0.15, -0.1) is 0 Å². The molecule has 0 saturated carbocycles. The molecule has 0 aliphatic rings. The van der Waals surface area contributed by atoms with Crippen LogP contribution in [0.25, 0.3) is 6.08 Å². The highest BCUT2D eigenvalue weighted by Gasteiger charge is 2.18. The zero-order valence-corrected chi connectivity index (χ0v) is 15.3. The molecule has 1 atom stereocenters. The summed E-state index contributed by atoms with van der Waals surface area (Å²) in [4.78, 5) is 24.3. The molecule has 0 aliphatic carbocycles. The molecule has 0 amide bonds. The zero-order valence-electron chi connectivity index (χ0n) is 15.3. The van der Waals surface area contributed by atoms with Crippen molar-refractivity contribution in [3.05, 3.63) is 65.2 Å². The second-order valence-corrected chi connectivity index (χ2v) is 5.75. The first-order valence-electron chi connectivity index (χ1n) is 8.16. The zero-order chi connectivity index (χ0) is 19.1. The van der Waals surface area contributed by atoms with Crippen molar-refractivity contribution in [3.63, 3.8) is 0 Å². The third kappa shape index (κ3) is 4.96. The summed E-state index contributed by atoms with van der Waals surface area (Å²) >= 11 is 0. The summed E-state index contributed by atoms with van der Waals surface area (Å²) in [5.41, 5.74) is 2.23. The Morgan fingerprint density at radius 2 is 1.69 bits per heavy atom. The highest BCUT2D eigenvalue weighted by molar-refractivity contribution is 6.01. The molecule has 5 heteroatoms. The van der Waals surface area contributed by atoms with E-state index >= 15 is 0 Å². The first-order valence-corrected chi connectivity index (χ1v) is 8.16. The van der Waals surface area contributed by atoms with Crippen LogP contribution in [0.4, 0.5) is 0 Å². The third-order valence-electron chi connectivity index (χ3n) is 3.83. The Bertz CT molecular complexity index is 806. The molecule has 5 nitrogen and oxygen atoms in total. The molecule has 0 heterocycles. The van der Waals surface area contributed by atoms with Crippen LogP contribution >= 0.6 is 0 Å². The maximum Gasteiger partial charge on any atom is 0.331 e. The van der Waals surface area contributed by atoms with Crippen LogP contribution in [0.1, 0.15) is 28.4 Å². The van der Waals surface area contributed by atoms with Gasteiger partial charge < -0.3 is 14.2 Å². The smallest absolute Gasteiger partial charge is 0.331 e. The van der Waals surface area contributed by atoms with Crippen LogP contribution in [0, 0.1) is 6.92 Å². The number of benzene rings is 2. The predicted octanol–water partition coefficient (Wildman–Crippen LogP) is 3.84. The van der Waals surface area contributed by atoms with E-state index in [2.05, 4.69) is 0 Å². The number of aryl methyl sites for hydroxylation is 1. The van der Waals surface area contributed by atoms with Crippen LogP contribution in [0.3, 0.4) is 0 Å². The van der Waals surface area contributed by atoms with Gasteiger partial charge in [0.1, 0.15) is 11.5 Å². The van der Waals surface area contributed by atoms with Crippen LogP contribution in [-0.4, -0.2) is 32.1 Å². The van der Waals surface area contributed by atoms with Crippen LogP contribution in [0.5, 0.6) is 11.5 Å². The number of ether oxygens (including phenoxy) is 3. The molecule has 0 aliphatic heterocycles. The van der Waals surface area contributed by atoms with E-state index in [1.54, 1.807) is 57.6 Å². The molecule has 0 aromatic heterocycles. The van der Waals surface area contributed by atoms with Gasteiger partial charge in [0.2, 0.25) is 5.78 Å². The maximum atomic E-state index is 12.3. The molecule has 0 fully saturated rings. The molecule has 2 rings (SSSR count). The van der Waals surface area contributed by atoms with Gasteiger partial charge in [-0.2, -0.15) is 0 Å². The molecule has 2 aromatic carbocycles. The molecular formula is C21H22O5. The number of esters is 1.